The minimum absolute atomic E-state index is 0.0760. The lowest BCUT2D eigenvalue weighted by Gasteiger charge is -2.60. The summed E-state index contributed by atoms with van der Waals surface area (Å²) in [6, 6.07) is 7.92. The van der Waals surface area contributed by atoms with Gasteiger partial charge in [0.25, 0.3) is 0 Å². The number of Topliss-reactive ketones (excluding diaryl/α,β-unsaturated/α-hetero) is 1. The number of hydroxylamine groups is 6. The van der Waals surface area contributed by atoms with Gasteiger partial charge in [-0.15, -0.1) is 0 Å². The second-order valence-corrected chi connectivity index (χ2v) is 13.4. The summed E-state index contributed by atoms with van der Waals surface area (Å²) in [4.78, 5) is 13.3. The number of carbonyl (C=O) groups excluding carboxylic acids is 1. The van der Waals surface area contributed by atoms with Gasteiger partial charge in [-0.2, -0.15) is 15.2 Å². The number of nitrogens with zero attached hydrogens (tertiary/aromatic N) is 3. The molecule has 0 bridgehead atoms. The van der Waals surface area contributed by atoms with E-state index >= 15 is 0 Å². The first-order valence-corrected chi connectivity index (χ1v) is 13.1. The van der Waals surface area contributed by atoms with Crippen LogP contribution >= 0.6 is 0 Å². The summed E-state index contributed by atoms with van der Waals surface area (Å²) in [6.07, 6.45) is 4.37. The van der Waals surface area contributed by atoms with Crippen LogP contribution in [0.25, 0.3) is 0 Å². The molecular formula is C28H45N3O4. The first kappa shape index (κ1) is 26.7. The molecule has 3 N–H and O–H groups in total. The summed E-state index contributed by atoms with van der Waals surface area (Å²) in [5.74, 6) is 0.0760. The van der Waals surface area contributed by atoms with Crippen LogP contribution in [0.4, 0.5) is 0 Å². The molecule has 4 atom stereocenters. The minimum atomic E-state index is -1.07. The topological polar surface area (TPSA) is 87.5 Å². The highest BCUT2D eigenvalue weighted by Crippen LogP contribution is 2.58. The third kappa shape index (κ3) is 3.65. The normalized spacial score (nSPS) is 40.1. The Bertz CT molecular complexity index is 1010. The molecule has 196 valence electrons. The molecule has 0 radical (unpaired) electrons. The van der Waals surface area contributed by atoms with Gasteiger partial charge >= 0.3 is 0 Å². The Balaban J connectivity index is 1.70. The number of rotatable bonds is 4. The van der Waals surface area contributed by atoms with Gasteiger partial charge in [0.05, 0.1) is 22.2 Å². The van der Waals surface area contributed by atoms with E-state index < -0.39 is 27.7 Å². The van der Waals surface area contributed by atoms with Crippen LogP contribution in [0, 0.1) is 0 Å². The van der Waals surface area contributed by atoms with Crippen LogP contribution in [0.3, 0.4) is 0 Å². The van der Waals surface area contributed by atoms with Crippen molar-refractivity contribution in [2.75, 3.05) is 0 Å². The van der Waals surface area contributed by atoms with Crippen molar-refractivity contribution >= 4 is 5.78 Å². The molecule has 2 fully saturated rings. The Morgan fingerprint density at radius 2 is 1.31 bits per heavy atom. The Hall–Kier alpha value is -1.35. The Morgan fingerprint density at radius 3 is 1.94 bits per heavy atom. The van der Waals surface area contributed by atoms with Crippen molar-refractivity contribution < 1.29 is 20.4 Å². The third-order valence-corrected chi connectivity index (χ3v) is 10.0. The lowest BCUT2D eigenvalue weighted by Crippen LogP contribution is -2.72. The van der Waals surface area contributed by atoms with E-state index in [0.717, 1.165) is 30.4 Å². The first-order valence-electron chi connectivity index (χ1n) is 13.1. The highest BCUT2D eigenvalue weighted by atomic mass is 16.5. The van der Waals surface area contributed by atoms with Gasteiger partial charge in [0.15, 0.2) is 0 Å². The maximum absolute atomic E-state index is 13.3. The number of hydrogen-bond acceptors (Lipinski definition) is 7. The average Bonchev–Trinajstić information content (AvgIpc) is 2.94. The van der Waals surface area contributed by atoms with E-state index in [1.165, 1.54) is 15.2 Å². The molecule has 3 aliphatic rings. The standard InChI is InChI=1S/C28H45N3O4/c1-23(2)14-11-15-25(5,29(23)33)16-17-26(6)18-20(32)19-27(7,31(26)35)28(8)22-13-10-9-12-21(22)24(3,4)30(28)34/h9-10,12-13,33-35H,11,14-19H2,1-8H3. The van der Waals surface area contributed by atoms with Crippen molar-refractivity contribution in [3.63, 3.8) is 0 Å². The molecule has 1 aromatic carbocycles. The quantitative estimate of drug-likeness (QED) is 0.509. The van der Waals surface area contributed by atoms with Crippen LogP contribution in [-0.2, 0) is 15.9 Å². The zero-order valence-corrected chi connectivity index (χ0v) is 22.9. The molecule has 0 spiro atoms. The highest BCUT2D eigenvalue weighted by molar-refractivity contribution is 5.82. The molecule has 4 rings (SSSR count). The van der Waals surface area contributed by atoms with Crippen molar-refractivity contribution in [1.29, 1.82) is 0 Å². The lowest BCUT2D eigenvalue weighted by atomic mass is 9.65. The van der Waals surface area contributed by atoms with Crippen molar-refractivity contribution in [1.82, 2.24) is 15.2 Å². The number of hydrogen-bond donors (Lipinski definition) is 3. The third-order valence-electron chi connectivity index (χ3n) is 10.0. The SMILES string of the molecule is CC1(C)CCCC(C)(CCC2(C)CC(=O)CC(C)(C3(C)c4ccccc4C(C)(C)N3O)N2O)N1O. The summed E-state index contributed by atoms with van der Waals surface area (Å²) >= 11 is 0. The van der Waals surface area contributed by atoms with E-state index in [9.17, 15) is 20.4 Å². The van der Waals surface area contributed by atoms with Crippen molar-refractivity contribution in [3.05, 3.63) is 35.4 Å². The van der Waals surface area contributed by atoms with E-state index in [4.69, 9.17) is 0 Å². The number of fused-ring (bicyclic) bond motifs is 1. The Labute approximate surface area is 210 Å². The Morgan fingerprint density at radius 1 is 0.743 bits per heavy atom. The van der Waals surface area contributed by atoms with Crippen LogP contribution in [0.15, 0.2) is 24.3 Å². The summed E-state index contributed by atoms with van der Waals surface area (Å²) in [6.45, 7) is 15.9. The number of benzene rings is 1. The van der Waals surface area contributed by atoms with Gasteiger partial charge in [0.1, 0.15) is 5.78 Å². The number of piperidine rings is 2. The van der Waals surface area contributed by atoms with Crippen molar-refractivity contribution in [2.24, 2.45) is 0 Å². The van der Waals surface area contributed by atoms with E-state index in [-0.39, 0.29) is 24.2 Å². The maximum Gasteiger partial charge on any atom is 0.136 e. The smallest absolute Gasteiger partial charge is 0.136 e. The summed E-state index contributed by atoms with van der Waals surface area (Å²) in [5, 5.41) is 38.8. The van der Waals surface area contributed by atoms with Crippen molar-refractivity contribution in [2.45, 2.75) is 134 Å². The van der Waals surface area contributed by atoms with Gasteiger partial charge in [0.2, 0.25) is 0 Å². The molecule has 1 aromatic rings. The molecule has 7 heteroatoms. The second-order valence-electron chi connectivity index (χ2n) is 13.4. The maximum atomic E-state index is 13.3. The molecule has 3 heterocycles. The molecule has 0 amide bonds. The predicted octanol–water partition coefficient (Wildman–Crippen LogP) is 5.61. The van der Waals surface area contributed by atoms with Gasteiger partial charge < -0.3 is 15.6 Å². The van der Waals surface area contributed by atoms with Crippen LogP contribution in [0.2, 0.25) is 0 Å². The summed E-state index contributed by atoms with van der Waals surface area (Å²) in [7, 11) is 0. The van der Waals surface area contributed by atoms with E-state index in [2.05, 4.69) is 20.8 Å². The molecule has 3 aliphatic heterocycles. The summed E-state index contributed by atoms with van der Waals surface area (Å²) < 4.78 is 0. The summed E-state index contributed by atoms with van der Waals surface area (Å²) in [5.41, 5.74) is -2.42. The molecule has 35 heavy (non-hydrogen) atoms. The Kier molecular flexibility index (Phi) is 6.16. The fourth-order valence-electron chi connectivity index (χ4n) is 7.55. The van der Waals surface area contributed by atoms with Crippen molar-refractivity contribution in [3.8, 4) is 0 Å². The van der Waals surface area contributed by atoms with Gasteiger partial charge in [-0.05, 0) is 98.6 Å². The lowest BCUT2D eigenvalue weighted by molar-refractivity contribution is -0.327. The first-order chi connectivity index (χ1) is 16.0. The van der Waals surface area contributed by atoms with Gasteiger partial charge in [-0.1, -0.05) is 24.3 Å². The molecule has 4 unspecified atom stereocenters. The minimum Gasteiger partial charge on any atom is -0.313 e. The molecule has 0 aliphatic carbocycles. The van der Waals surface area contributed by atoms with Gasteiger partial charge in [0, 0.05) is 23.9 Å². The van der Waals surface area contributed by atoms with Gasteiger partial charge in [-0.25, -0.2) is 0 Å². The number of carbonyl (C=O) groups is 1. The molecule has 0 saturated carbocycles. The fourth-order valence-corrected chi connectivity index (χ4v) is 7.55. The molecule has 0 aromatic heterocycles. The zero-order valence-electron chi connectivity index (χ0n) is 22.9. The fraction of sp³-hybridized carbons (Fsp3) is 0.750. The monoisotopic (exact) mass is 487 g/mol. The van der Waals surface area contributed by atoms with Crippen LogP contribution in [-0.4, -0.2) is 58.8 Å². The molecular weight excluding hydrogens is 442 g/mol. The highest BCUT2D eigenvalue weighted by Gasteiger charge is 2.66. The van der Waals surface area contributed by atoms with Gasteiger partial charge in [-0.3, -0.25) is 4.79 Å². The van der Waals surface area contributed by atoms with Crippen LogP contribution < -0.4 is 0 Å². The predicted molar refractivity (Wildman–Crippen MR) is 134 cm³/mol. The number of ketones is 1. The second kappa shape index (κ2) is 8.07. The van der Waals surface area contributed by atoms with E-state index in [1.54, 1.807) is 0 Å². The molecule has 7 nitrogen and oxygen atoms in total. The van der Waals surface area contributed by atoms with E-state index in [0.29, 0.717) is 12.8 Å². The average molecular weight is 488 g/mol. The van der Waals surface area contributed by atoms with Crippen LogP contribution in [0.1, 0.15) is 111 Å². The largest absolute Gasteiger partial charge is 0.313 e. The van der Waals surface area contributed by atoms with E-state index in [1.807, 2.05) is 58.9 Å². The molecule has 2 saturated heterocycles. The zero-order chi connectivity index (χ0) is 26.2. The van der Waals surface area contributed by atoms with Crippen LogP contribution in [0.5, 0.6) is 0 Å².